The first-order chi connectivity index (χ1) is 13.5. The number of amides is 1. The maximum Gasteiger partial charge on any atom is 0.274 e. The topological polar surface area (TPSA) is 110 Å². The van der Waals surface area contributed by atoms with Crippen LogP contribution in [0.2, 0.25) is 5.02 Å². The number of aryl methyl sites for hydroxylation is 1. The zero-order valence-electron chi connectivity index (χ0n) is 16.3. The predicted molar refractivity (Wildman–Crippen MR) is 114 cm³/mol. The van der Waals surface area contributed by atoms with E-state index in [-0.39, 0.29) is 31.0 Å². The molecule has 0 aliphatic carbocycles. The molecule has 0 heterocycles. The van der Waals surface area contributed by atoms with E-state index in [1.807, 2.05) is 0 Å². The van der Waals surface area contributed by atoms with Crippen LogP contribution < -0.4 is 9.62 Å². The largest absolute Gasteiger partial charge is 0.326 e. The van der Waals surface area contributed by atoms with Gasteiger partial charge in [-0.05, 0) is 44.0 Å². The molecular formula is C19H22ClN3O5S. The summed E-state index contributed by atoms with van der Waals surface area (Å²) in [4.78, 5) is 22.8. The van der Waals surface area contributed by atoms with Crippen molar-refractivity contribution < 1.29 is 18.1 Å². The Kier molecular flexibility index (Phi) is 7.21. The highest BCUT2D eigenvalue weighted by molar-refractivity contribution is 7.92. The Morgan fingerprint density at radius 1 is 1.24 bits per heavy atom. The minimum atomic E-state index is -3.57. The molecule has 0 radical (unpaired) electrons. The van der Waals surface area contributed by atoms with Crippen molar-refractivity contribution in [3.63, 3.8) is 0 Å². The van der Waals surface area contributed by atoms with E-state index in [1.165, 1.54) is 16.4 Å². The molecule has 2 rings (SSSR count). The van der Waals surface area contributed by atoms with Gasteiger partial charge < -0.3 is 5.32 Å². The summed E-state index contributed by atoms with van der Waals surface area (Å²) in [5.74, 6) is -0.357. The number of benzene rings is 2. The van der Waals surface area contributed by atoms with Crippen LogP contribution in [0.25, 0.3) is 0 Å². The highest BCUT2D eigenvalue weighted by Gasteiger charge is 2.20. The molecule has 0 bridgehead atoms. The number of carbonyl (C=O) groups excluding carboxylic acids is 1. The molecule has 2 aromatic rings. The van der Waals surface area contributed by atoms with Crippen molar-refractivity contribution in [2.45, 2.75) is 26.7 Å². The molecule has 0 fully saturated rings. The van der Waals surface area contributed by atoms with Gasteiger partial charge in [-0.15, -0.1) is 0 Å². The summed E-state index contributed by atoms with van der Waals surface area (Å²) < 4.78 is 25.7. The first-order valence-electron chi connectivity index (χ1n) is 8.78. The van der Waals surface area contributed by atoms with E-state index in [0.717, 1.165) is 11.8 Å². The molecule has 1 amide bonds. The van der Waals surface area contributed by atoms with Crippen LogP contribution in [-0.2, 0) is 14.8 Å². The van der Waals surface area contributed by atoms with E-state index in [2.05, 4.69) is 5.32 Å². The molecule has 2 aromatic carbocycles. The molecule has 0 spiro atoms. The van der Waals surface area contributed by atoms with Gasteiger partial charge in [0.05, 0.1) is 28.1 Å². The number of hydrogen-bond acceptors (Lipinski definition) is 5. The average Bonchev–Trinajstić information content (AvgIpc) is 2.61. The van der Waals surface area contributed by atoms with Gasteiger partial charge in [0.2, 0.25) is 15.9 Å². The van der Waals surface area contributed by atoms with Gasteiger partial charge in [0.25, 0.3) is 5.69 Å². The first-order valence-corrected chi connectivity index (χ1v) is 11.0. The minimum Gasteiger partial charge on any atom is -0.326 e. The SMILES string of the molecule is Cc1ccc(Cl)cc1N(CCCC(=O)Nc1cccc([N+](=O)[O-])c1C)S(C)(=O)=O. The highest BCUT2D eigenvalue weighted by Crippen LogP contribution is 2.27. The number of nitrogens with zero attached hydrogens (tertiary/aromatic N) is 2. The fourth-order valence-electron chi connectivity index (χ4n) is 2.87. The number of anilines is 2. The lowest BCUT2D eigenvalue weighted by molar-refractivity contribution is -0.385. The van der Waals surface area contributed by atoms with Crippen LogP contribution in [-0.4, -0.2) is 32.0 Å². The van der Waals surface area contributed by atoms with E-state index >= 15 is 0 Å². The summed E-state index contributed by atoms with van der Waals surface area (Å²) in [5, 5.41) is 14.1. The highest BCUT2D eigenvalue weighted by atomic mass is 35.5. The summed E-state index contributed by atoms with van der Waals surface area (Å²) in [7, 11) is -3.57. The zero-order chi connectivity index (χ0) is 21.8. The Morgan fingerprint density at radius 2 is 1.93 bits per heavy atom. The molecule has 0 saturated carbocycles. The lowest BCUT2D eigenvalue weighted by Crippen LogP contribution is -2.32. The van der Waals surface area contributed by atoms with Gasteiger partial charge in [-0.2, -0.15) is 0 Å². The third-order valence-corrected chi connectivity index (χ3v) is 5.80. The Balaban J connectivity index is 2.07. The van der Waals surface area contributed by atoms with Crippen LogP contribution in [0.15, 0.2) is 36.4 Å². The number of carbonyl (C=O) groups is 1. The predicted octanol–water partition coefficient (Wildman–Crippen LogP) is 4.05. The normalized spacial score (nSPS) is 11.2. The van der Waals surface area contributed by atoms with Gasteiger partial charge in [-0.25, -0.2) is 8.42 Å². The van der Waals surface area contributed by atoms with Crippen LogP contribution in [0.5, 0.6) is 0 Å². The standard InChI is InChI=1S/C19H22ClN3O5S/c1-13-9-10-15(20)12-18(13)22(29(3,27)28)11-5-8-19(24)21-16-6-4-7-17(14(16)2)23(25)26/h4,6-7,9-10,12H,5,8,11H2,1-3H3,(H,21,24). The average molecular weight is 440 g/mol. The maximum absolute atomic E-state index is 12.3. The number of nitro groups is 1. The first kappa shape index (κ1) is 22.6. The van der Waals surface area contributed by atoms with Crippen molar-refractivity contribution in [3.05, 3.63) is 62.7 Å². The van der Waals surface area contributed by atoms with Crippen molar-refractivity contribution in [1.82, 2.24) is 0 Å². The Morgan fingerprint density at radius 3 is 2.55 bits per heavy atom. The van der Waals surface area contributed by atoms with Gasteiger partial charge in [0.1, 0.15) is 0 Å². The summed E-state index contributed by atoms with van der Waals surface area (Å²) in [6.45, 7) is 3.43. The number of nitrogens with one attached hydrogen (secondary N) is 1. The quantitative estimate of drug-likeness (QED) is 0.492. The summed E-state index contributed by atoms with van der Waals surface area (Å²) in [5.41, 5.74) is 1.85. The van der Waals surface area contributed by atoms with Crippen LogP contribution >= 0.6 is 11.6 Å². The van der Waals surface area contributed by atoms with E-state index in [9.17, 15) is 23.3 Å². The second-order valence-electron chi connectivity index (χ2n) is 6.62. The van der Waals surface area contributed by atoms with Crippen LogP contribution in [0, 0.1) is 24.0 Å². The van der Waals surface area contributed by atoms with Crippen LogP contribution in [0.3, 0.4) is 0 Å². The van der Waals surface area contributed by atoms with Gasteiger partial charge in [0.15, 0.2) is 0 Å². The number of sulfonamides is 1. The van der Waals surface area contributed by atoms with Gasteiger partial charge in [0, 0.05) is 24.1 Å². The molecule has 0 aromatic heterocycles. The van der Waals surface area contributed by atoms with Gasteiger partial charge in [-0.3, -0.25) is 19.2 Å². The van der Waals surface area contributed by atoms with E-state index in [0.29, 0.717) is 22.0 Å². The maximum atomic E-state index is 12.3. The molecule has 0 saturated heterocycles. The van der Waals surface area contributed by atoms with Gasteiger partial charge >= 0.3 is 0 Å². The molecule has 0 aliphatic heterocycles. The third-order valence-electron chi connectivity index (χ3n) is 4.38. The van der Waals surface area contributed by atoms with Crippen molar-refractivity contribution >= 4 is 44.6 Å². The van der Waals surface area contributed by atoms with Crippen molar-refractivity contribution in [3.8, 4) is 0 Å². The molecule has 0 unspecified atom stereocenters. The summed E-state index contributed by atoms with van der Waals surface area (Å²) >= 11 is 6.00. The lowest BCUT2D eigenvalue weighted by Gasteiger charge is -2.24. The molecule has 1 N–H and O–H groups in total. The van der Waals surface area contributed by atoms with Crippen LogP contribution in [0.4, 0.5) is 17.1 Å². The fourth-order valence-corrected chi connectivity index (χ4v) is 4.05. The van der Waals surface area contributed by atoms with Gasteiger partial charge in [-0.1, -0.05) is 23.7 Å². The van der Waals surface area contributed by atoms with E-state index in [4.69, 9.17) is 11.6 Å². The van der Waals surface area contributed by atoms with Crippen molar-refractivity contribution in [1.29, 1.82) is 0 Å². The number of hydrogen-bond donors (Lipinski definition) is 1. The number of halogens is 1. The summed E-state index contributed by atoms with van der Waals surface area (Å²) in [6.07, 6.45) is 1.41. The molecule has 8 nitrogen and oxygen atoms in total. The molecule has 29 heavy (non-hydrogen) atoms. The third kappa shape index (κ3) is 5.91. The Labute approximate surface area is 174 Å². The molecule has 156 valence electrons. The number of rotatable bonds is 8. The van der Waals surface area contributed by atoms with E-state index in [1.54, 1.807) is 38.1 Å². The summed E-state index contributed by atoms with van der Waals surface area (Å²) in [6, 6.07) is 9.42. The second-order valence-corrected chi connectivity index (χ2v) is 8.97. The monoisotopic (exact) mass is 439 g/mol. The minimum absolute atomic E-state index is 0.0494. The van der Waals surface area contributed by atoms with Crippen molar-refractivity contribution in [2.24, 2.45) is 0 Å². The van der Waals surface area contributed by atoms with E-state index < -0.39 is 14.9 Å². The Hall–Kier alpha value is -2.65. The Bertz CT molecular complexity index is 1040. The second kappa shape index (κ2) is 9.23. The molecular weight excluding hydrogens is 418 g/mol. The van der Waals surface area contributed by atoms with Crippen LogP contribution in [0.1, 0.15) is 24.0 Å². The molecule has 10 heteroatoms. The molecule has 0 aliphatic rings. The lowest BCUT2D eigenvalue weighted by atomic mass is 10.1. The fraction of sp³-hybridized carbons (Fsp3) is 0.316. The van der Waals surface area contributed by atoms with Crippen molar-refractivity contribution in [2.75, 3.05) is 22.4 Å². The zero-order valence-corrected chi connectivity index (χ0v) is 17.9. The number of nitro benzene ring substituents is 1. The molecule has 0 atom stereocenters. The smallest absolute Gasteiger partial charge is 0.274 e.